The fraction of sp³-hybridized carbons (Fsp3) is 0.647. The molecule has 1 aliphatic rings. The molecule has 0 bridgehead atoms. The lowest BCUT2D eigenvalue weighted by molar-refractivity contribution is 0.0750. The highest BCUT2D eigenvalue weighted by Crippen LogP contribution is 2.25. The van der Waals surface area contributed by atoms with Crippen LogP contribution in [0.4, 0.5) is 4.39 Å². The SMILES string of the molecule is CC(C)CC1CNC(C)(C)CN1Cc1cccc(Cl)c1F. The molecule has 1 N–H and O–H groups in total. The van der Waals surface area contributed by atoms with Crippen molar-refractivity contribution >= 4 is 11.6 Å². The third kappa shape index (κ3) is 4.41. The van der Waals surface area contributed by atoms with Crippen molar-refractivity contribution in [1.82, 2.24) is 10.2 Å². The Morgan fingerprint density at radius 1 is 1.43 bits per heavy atom. The number of nitrogens with one attached hydrogen (secondary N) is 1. The van der Waals surface area contributed by atoms with E-state index in [4.69, 9.17) is 11.6 Å². The molecule has 0 spiro atoms. The van der Waals surface area contributed by atoms with E-state index >= 15 is 0 Å². The van der Waals surface area contributed by atoms with Gasteiger partial charge in [0.2, 0.25) is 0 Å². The summed E-state index contributed by atoms with van der Waals surface area (Å²) in [4.78, 5) is 2.39. The monoisotopic (exact) mass is 312 g/mol. The zero-order valence-electron chi connectivity index (χ0n) is 13.4. The normalized spacial score (nSPS) is 22.7. The molecule has 1 atom stereocenters. The maximum atomic E-state index is 14.2. The van der Waals surface area contributed by atoms with Gasteiger partial charge >= 0.3 is 0 Å². The number of halogens is 2. The van der Waals surface area contributed by atoms with Gasteiger partial charge in [0.25, 0.3) is 0 Å². The molecule has 1 fully saturated rings. The predicted molar refractivity (Wildman–Crippen MR) is 87.1 cm³/mol. The van der Waals surface area contributed by atoms with Gasteiger partial charge in [-0.2, -0.15) is 0 Å². The summed E-state index contributed by atoms with van der Waals surface area (Å²) in [5, 5.41) is 3.80. The van der Waals surface area contributed by atoms with Gasteiger partial charge in [0, 0.05) is 36.8 Å². The summed E-state index contributed by atoms with van der Waals surface area (Å²) in [6.07, 6.45) is 1.12. The molecule has 4 heteroatoms. The molecule has 1 aromatic rings. The first kappa shape index (κ1) is 16.7. The maximum absolute atomic E-state index is 14.2. The van der Waals surface area contributed by atoms with E-state index in [0.717, 1.165) is 19.5 Å². The molecule has 2 nitrogen and oxygen atoms in total. The lowest BCUT2D eigenvalue weighted by Gasteiger charge is -2.45. The minimum absolute atomic E-state index is 0.0581. The van der Waals surface area contributed by atoms with Gasteiger partial charge in [0.15, 0.2) is 0 Å². The van der Waals surface area contributed by atoms with Gasteiger partial charge in [-0.25, -0.2) is 4.39 Å². The van der Waals surface area contributed by atoms with Crippen LogP contribution in [0.3, 0.4) is 0 Å². The lowest BCUT2D eigenvalue weighted by Crippen LogP contribution is -2.61. The molecule has 0 aromatic heterocycles. The molecule has 1 saturated heterocycles. The summed E-state index contributed by atoms with van der Waals surface area (Å²) in [6, 6.07) is 5.71. The Balaban J connectivity index is 2.17. The Kier molecular flexibility index (Phi) is 5.29. The lowest BCUT2D eigenvalue weighted by atomic mass is 9.93. The van der Waals surface area contributed by atoms with Crippen molar-refractivity contribution in [3.63, 3.8) is 0 Å². The van der Waals surface area contributed by atoms with Crippen molar-refractivity contribution in [3.05, 3.63) is 34.6 Å². The first-order valence-electron chi connectivity index (χ1n) is 7.70. The van der Waals surface area contributed by atoms with Crippen LogP contribution in [-0.4, -0.2) is 29.6 Å². The van der Waals surface area contributed by atoms with Crippen molar-refractivity contribution in [3.8, 4) is 0 Å². The van der Waals surface area contributed by atoms with Gasteiger partial charge in [-0.1, -0.05) is 37.6 Å². The highest BCUT2D eigenvalue weighted by Gasteiger charge is 2.33. The summed E-state index contributed by atoms with van der Waals surface area (Å²) < 4.78 is 14.2. The predicted octanol–water partition coefficient (Wildman–Crippen LogP) is 4.08. The van der Waals surface area contributed by atoms with E-state index < -0.39 is 0 Å². The van der Waals surface area contributed by atoms with Crippen LogP contribution < -0.4 is 5.32 Å². The highest BCUT2D eigenvalue weighted by atomic mass is 35.5. The first-order chi connectivity index (χ1) is 9.78. The highest BCUT2D eigenvalue weighted by molar-refractivity contribution is 6.30. The molecular formula is C17H26ClFN2. The van der Waals surface area contributed by atoms with Crippen molar-refractivity contribution in [2.24, 2.45) is 5.92 Å². The molecule has 0 amide bonds. The molecular weight excluding hydrogens is 287 g/mol. The number of rotatable bonds is 4. The molecule has 0 radical (unpaired) electrons. The summed E-state index contributed by atoms with van der Waals surface area (Å²) in [7, 11) is 0. The van der Waals surface area contributed by atoms with E-state index in [2.05, 4.69) is 37.9 Å². The van der Waals surface area contributed by atoms with Gasteiger partial charge in [0.05, 0.1) is 5.02 Å². The van der Waals surface area contributed by atoms with Crippen LogP contribution in [0.25, 0.3) is 0 Å². The number of hydrogen-bond acceptors (Lipinski definition) is 2. The molecule has 1 aromatic carbocycles. The van der Waals surface area contributed by atoms with Crippen molar-refractivity contribution in [1.29, 1.82) is 0 Å². The summed E-state index contributed by atoms with van der Waals surface area (Å²) >= 11 is 5.90. The van der Waals surface area contributed by atoms with E-state index in [1.54, 1.807) is 6.07 Å². The van der Waals surface area contributed by atoms with Crippen LogP contribution in [0, 0.1) is 11.7 Å². The third-order valence-electron chi connectivity index (χ3n) is 4.08. The Morgan fingerprint density at radius 2 is 2.14 bits per heavy atom. The Hall–Kier alpha value is -0.640. The largest absolute Gasteiger partial charge is 0.309 e. The van der Waals surface area contributed by atoms with Crippen LogP contribution in [-0.2, 0) is 6.54 Å². The minimum atomic E-state index is -0.279. The van der Waals surface area contributed by atoms with Gasteiger partial charge in [-0.3, -0.25) is 4.90 Å². The molecule has 1 unspecified atom stereocenters. The Morgan fingerprint density at radius 3 is 2.81 bits per heavy atom. The van der Waals surface area contributed by atoms with Gasteiger partial charge in [-0.05, 0) is 32.3 Å². The van der Waals surface area contributed by atoms with Crippen molar-refractivity contribution < 1.29 is 4.39 Å². The van der Waals surface area contributed by atoms with Crippen LogP contribution in [0.15, 0.2) is 18.2 Å². The average molecular weight is 313 g/mol. The van der Waals surface area contributed by atoms with E-state index in [0.29, 0.717) is 24.1 Å². The number of benzene rings is 1. The third-order valence-corrected chi connectivity index (χ3v) is 4.37. The van der Waals surface area contributed by atoms with Crippen LogP contribution in [0.1, 0.15) is 39.7 Å². The Bertz CT molecular complexity index is 488. The second-order valence-corrected chi connectivity index (χ2v) is 7.57. The van der Waals surface area contributed by atoms with E-state index in [1.165, 1.54) is 0 Å². The van der Waals surface area contributed by atoms with Crippen LogP contribution >= 0.6 is 11.6 Å². The molecule has 2 rings (SSSR count). The second-order valence-electron chi connectivity index (χ2n) is 7.17. The molecule has 1 aliphatic heterocycles. The fourth-order valence-corrected chi connectivity index (χ4v) is 3.26. The first-order valence-corrected chi connectivity index (χ1v) is 8.08. The molecule has 0 saturated carbocycles. The van der Waals surface area contributed by atoms with Gasteiger partial charge in [0.1, 0.15) is 5.82 Å². The minimum Gasteiger partial charge on any atom is -0.309 e. The van der Waals surface area contributed by atoms with Crippen molar-refractivity contribution in [2.75, 3.05) is 13.1 Å². The second kappa shape index (κ2) is 6.64. The number of piperazine rings is 1. The topological polar surface area (TPSA) is 15.3 Å². The molecule has 21 heavy (non-hydrogen) atoms. The zero-order chi connectivity index (χ0) is 15.6. The van der Waals surface area contributed by atoms with Gasteiger partial charge in [-0.15, -0.1) is 0 Å². The van der Waals surface area contributed by atoms with E-state index in [-0.39, 0.29) is 16.4 Å². The van der Waals surface area contributed by atoms with Crippen LogP contribution in [0.5, 0.6) is 0 Å². The van der Waals surface area contributed by atoms with E-state index in [9.17, 15) is 4.39 Å². The Labute approximate surface area is 132 Å². The van der Waals surface area contributed by atoms with Crippen LogP contribution in [0.2, 0.25) is 5.02 Å². The van der Waals surface area contributed by atoms with E-state index in [1.807, 2.05) is 12.1 Å². The molecule has 1 heterocycles. The summed E-state index contributed by atoms with van der Waals surface area (Å²) in [6.45, 7) is 11.3. The quantitative estimate of drug-likeness (QED) is 0.901. The smallest absolute Gasteiger partial charge is 0.146 e. The molecule has 118 valence electrons. The van der Waals surface area contributed by atoms with Crippen molar-refractivity contribution in [2.45, 2.75) is 52.2 Å². The fourth-order valence-electron chi connectivity index (χ4n) is 3.07. The van der Waals surface area contributed by atoms with Gasteiger partial charge < -0.3 is 5.32 Å². The number of nitrogens with zero attached hydrogens (tertiary/aromatic N) is 1. The maximum Gasteiger partial charge on any atom is 0.146 e. The standard InChI is InChI=1S/C17H26ClFN2/c1-12(2)8-14-9-20-17(3,4)11-21(14)10-13-6-5-7-15(18)16(13)19/h5-7,12,14,20H,8-11H2,1-4H3. The summed E-state index contributed by atoms with van der Waals surface area (Å²) in [5.41, 5.74) is 0.747. The number of hydrogen-bond donors (Lipinski definition) is 1. The zero-order valence-corrected chi connectivity index (χ0v) is 14.2. The molecule has 0 aliphatic carbocycles. The average Bonchev–Trinajstić information content (AvgIpc) is 2.37. The summed E-state index contributed by atoms with van der Waals surface area (Å²) in [5.74, 6) is 0.350.